The van der Waals surface area contributed by atoms with E-state index >= 15 is 0 Å². The summed E-state index contributed by atoms with van der Waals surface area (Å²) in [5.41, 5.74) is 2.93. The van der Waals surface area contributed by atoms with Gasteiger partial charge in [0.25, 0.3) is 0 Å². The van der Waals surface area contributed by atoms with Crippen molar-refractivity contribution in [2.75, 3.05) is 6.61 Å². The van der Waals surface area contributed by atoms with Crippen LogP contribution in [0.4, 0.5) is 0 Å². The zero-order valence-corrected chi connectivity index (χ0v) is 14.9. The number of benzene rings is 2. The van der Waals surface area contributed by atoms with Crippen molar-refractivity contribution in [2.45, 2.75) is 10.4 Å². The third kappa shape index (κ3) is 2.21. The van der Waals surface area contributed by atoms with Gasteiger partial charge in [0.2, 0.25) is 5.16 Å². The molecular formula is C20H13N5OS. The first-order valence-corrected chi connectivity index (χ1v) is 9.53. The number of aromatic nitrogens is 4. The molecule has 130 valence electrons. The average Bonchev–Trinajstić information content (AvgIpc) is 3.15. The van der Waals surface area contributed by atoms with Gasteiger partial charge in [0.1, 0.15) is 12.4 Å². The lowest BCUT2D eigenvalue weighted by Gasteiger charge is -2.29. The van der Waals surface area contributed by atoms with Crippen molar-refractivity contribution in [3.63, 3.8) is 0 Å². The Morgan fingerprint density at radius 1 is 1.04 bits per heavy atom. The SMILES string of the molecule is c1cncc(-c2nnc3n2N=C2c4ccc5ccccc5c4OCC2S3)c1. The Balaban J connectivity index is 1.56. The maximum atomic E-state index is 6.14. The third-order valence-electron chi connectivity index (χ3n) is 4.83. The van der Waals surface area contributed by atoms with Crippen LogP contribution in [0.15, 0.2) is 71.2 Å². The Labute approximate surface area is 158 Å². The molecule has 2 aromatic heterocycles. The summed E-state index contributed by atoms with van der Waals surface area (Å²) in [5.74, 6) is 1.61. The second kappa shape index (κ2) is 5.65. The number of nitrogens with zero attached hydrogens (tertiary/aromatic N) is 5. The first-order chi connectivity index (χ1) is 13.4. The molecule has 0 saturated carbocycles. The van der Waals surface area contributed by atoms with Crippen LogP contribution in [-0.4, -0.2) is 37.4 Å². The van der Waals surface area contributed by atoms with Gasteiger partial charge in [-0.15, -0.1) is 10.2 Å². The molecule has 6 rings (SSSR count). The fourth-order valence-corrected chi connectivity index (χ4v) is 4.55. The molecule has 0 radical (unpaired) electrons. The van der Waals surface area contributed by atoms with Gasteiger partial charge in [0, 0.05) is 28.9 Å². The largest absolute Gasteiger partial charge is 0.491 e. The van der Waals surface area contributed by atoms with Gasteiger partial charge >= 0.3 is 0 Å². The minimum Gasteiger partial charge on any atom is -0.491 e. The summed E-state index contributed by atoms with van der Waals surface area (Å²) >= 11 is 1.64. The van der Waals surface area contributed by atoms with Gasteiger partial charge in [-0.05, 0) is 23.6 Å². The lowest BCUT2D eigenvalue weighted by molar-refractivity contribution is 0.327. The summed E-state index contributed by atoms with van der Waals surface area (Å²) in [6, 6.07) is 16.3. The molecule has 2 aliphatic rings. The van der Waals surface area contributed by atoms with Gasteiger partial charge in [-0.1, -0.05) is 42.1 Å². The number of hydrogen-bond donors (Lipinski definition) is 0. The number of hydrogen-bond acceptors (Lipinski definition) is 6. The van der Waals surface area contributed by atoms with E-state index in [1.807, 2.05) is 28.9 Å². The van der Waals surface area contributed by atoms with E-state index < -0.39 is 0 Å². The van der Waals surface area contributed by atoms with Gasteiger partial charge in [0.05, 0.1) is 11.0 Å². The normalized spacial score (nSPS) is 17.5. The van der Waals surface area contributed by atoms with Crippen LogP contribution in [0.3, 0.4) is 0 Å². The summed E-state index contributed by atoms with van der Waals surface area (Å²) in [5, 5.41) is 16.7. The molecule has 1 unspecified atom stereocenters. The highest BCUT2D eigenvalue weighted by Gasteiger charge is 2.34. The first kappa shape index (κ1) is 14.9. The molecule has 2 aromatic carbocycles. The van der Waals surface area contributed by atoms with E-state index in [-0.39, 0.29) is 5.25 Å². The van der Waals surface area contributed by atoms with Crippen LogP contribution in [0.5, 0.6) is 5.75 Å². The van der Waals surface area contributed by atoms with Crippen molar-refractivity contribution in [1.82, 2.24) is 19.9 Å². The molecule has 0 aliphatic carbocycles. The van der Waals surface area contributed by atoms with Crippen molar-refractivity contribution < 1.29 is 4.74 Å². The van der Waals surface area contributed by atoms with Gasteiger partial charge in [-0.25, -0.2) is 0 Å². The standard InChI is InChI=1S/C20H13N5OS/c1-2-6-14-12(4-1)7-8-15-17-16(11-26-18(14)15)27-20-23-22-19(25(20)24-17)13-5-3-9-21-10-13/h1-10,16H,11H2. The number of rotatable bonds is 1. The summed E-state index contributed by atoms with van der Waals surface area (Å²) in [4.78, 5) is 4.18. The van der Waals surface area contributed by atoms with E-state index in [0.717, 1.165) is 33.1 Å². The van der Waals surface area contributed by atoms with Crippen molar-refractivity contribution in [3.8, 4) is 17.1 Å². The van der Waals surface area contributed by atoms with Crippen molar-refractivity contribution >= 4 is 28.2 Å². The minimum atomic E-state index is 0.108. The number of pyridine rings is 1. The Bertz CT molecular complexity index is 1220. The predicted octanol–water partition coefficient (Wildman–Crippen LogP) is 3.61. The molecule has 4 heterocycles. The van der Waals surface area contributed by atoms with Gasteiger partial charge in [-0.2, -0.15) is 9.78 Å². The van der Waals surface area contributed by atoms with Crippen molar-refractivity contribution in [1.29, 1.82) is 0 Å². The molecule has 0 fully saturated rings. The van der Waals surface area contributed by atoms with Crippen LogP contribution in [0, 0.1) is 0 Å². The fraction of sp³-hybridized carbons (Fsp3) is 0.100. The van der Waals surface area contributed by atoms with E-state index in [2.05, 4.69) is 39.4 Å². The topological polar surface area (TPSA) is 65.2 Å². The quantitative estimate of drug-likeness (QED) is 0.511. The molecule has 0 bridgehead atoms. The van der Waals surface area contributed by atoms with E-state index in [1.54, 1.807) is 24.2 Å². The predicted molar refractivity (Wildman–Crippen MR) is 104 cm³/mol. The fourth-order valence-electron chi connectivity index (χ4n) is 3.56. The molecule has 2 aliphatic heterocycles. The minimum absolute atomic E-state index is 0.108. The van der Waals surface area contributed by atoms with Gasteiger partial charge < -0.3 is 4.74 Å². The average molecular weight is 371 g/mol. The van der Waals surface area contributed by atoms with E-state index in [0.29, 0.717) is 12.4 Å². The molecule has 1 atom stereocenters. The third-order valence-corrected chi connectivity index (χ3v) is 5.94. The molecule has 4 aromatic rings. The number of ether oxygens (including phenoxy) is 1. The first-order valence-electron chi connectivity index (χ1n) is 8.65. The Morgan fingerprint density at radius 2 is 2.00 bits per heavy atom. The highest BCUT2D eigenvalue weighted by molar-refractivity contribution is 8.00. The number of thioether (sulfide) groups is 1. The van der Waals surface area contributed by atoms with Crippen LogP contribution >= 0.6 is 11.8 Å². The zero-order chi connectivity index (χ0) is 17.8. The summed E-state index contributed by atoms with van der Waals surface area (Å²) in [6.45, 7) is 0.569. The van der Waals surface area contributed by atoms with E-state index in [9.17, 15) is 0 Å². The smallest absolute Gasteiger partial charge is 0.213 e. The Hall–Kier alpha value is -3.19. The Kier molecular flexibility index (Phi) is 3.12. The summed E-state index contributed by atoms with van der Waals surface area (Å²) < 4.78 is 7.96. The molecule has 27 heavy (non-hydrogen) atoms. The molecular weight excluding hydrogens is 358 g/mol. The molecule has 0 spiro atoms. The van der Waals surface area contributed by atoms with E-state index in [1.165, 1.54) is 5.39 Å². The van der Waals surface area contributed by atoms with Crippen molar-refractivity contribution in [2.24, 2.45) is 5.10 Å². The Morgan fingerprint density at radius 3 is 2.93 bits per heavy atom. The maximum absolute atomic E-state index is 6.14. The highest BCUT2D eigenvalue weighted by atomic mass is 32.2. The van der Waals surface area contributed by atoms with Gasteiger partial charge in [0.15, 0.2) is 5.82 Å². The highest BCUT2D eigenvalue weighted by Crippen LogP contribution is 2.40. The van der Waals surface area contributed by atoms with E-state index in [4.69, 9.17) is 9.84 Å². The molecule has 7 heteroatoms. The second-order valence-electron chi connectivity index (χ2n) is 6.43. The molecule has 6 nitrogen and oxygen atoms in total. The second-order valence-corrected chi connectivity index (χ2v) is 7.60. The van der Waals surface area contributed by atoms with Crippen LogP contribution in [0.1, 0.15) is 5.56 Å². The van der Waals surface area contributed by atoms with Crippen LogP contribution < -0.4 is 4.74 Å². The lowest BCUT2D eigenvalue weighted by Crippen LogP contribution is -2.34. The van der Waals surface area contributed by atoms with Gasteiger partial charge in [-0.3, -0.25) is 4.98 Å². The molecule has 0 saturated heterocycles. The van der Waals surface area contributed by atoms with Crippen LogP contribution in [0.2, 0.25) is 0 Å². The molecule has 0 N–H and O–H groups in total. The summed E-state index contributed by atoms with van der Waals surface area (Å²) in [7, 11) is 0. The zero-order valence-electron chi connectivity index (χ0n) is 14.1. The maximum Gasteiger partial charge on any atom is 0.213 e. The lowest BCUT2D eigenvalue weighted by atomic mass is 9.98. The van der Waals surface area contributed by atoms with Crippen LogP contribution in [0.25, 0.3) is 22.2 Å². The molecule has 0 amide bonds. The summed E-state index contributed by atoms with van der Waals surface area (Å²) in [6.07, 6.45) is 3.52. The monoisotopic (exact) mass is 371 g/mol. The number of fused-ring (bicyclic) bond motifs is 6. The van der Waals surface area contributed by atoms with Crippen LogP contribution in [-0.2, 0) is 0 Å². The van der Waals surface area contributed by atoms with Crippen molar-refractivity contribution in [3.05, 3.63) is 66.5 Å².